The molecule has 1 aliphatic carbocycles. The third kappa shape index (κ3) is 4.48. The number of benzene rings is 1. The van der Waals surface area contributed by atoms with Crippen molar-refractivity contribution in [2.24, 2.45) is 0 Å². The smallest absolute Gasteiger partial charge is 0.227 e. The molecule has 0 unspecified atom stereocenters. The molecule has 3 rings (SSSR count). The molecule has 1 heterocycles. The lowest BCUT2D eigenvalue weighted by Crippen LogP contribution is -2.45. The van der Waals surface area contributed by atoms with Crippen molar-refractivity contribution >= 4 is 21.8 Å². The van der Waals surface area contributed by atoms with E-state index in [4.69, 9.17) is 4.52 Å². The Morgan fingerprint density at radius 2 is 2.20 bits per heavy atom. The number of nitrogens with one attached hydrogen (secondary N) is 1. The minimum absolute atomic E-state index is 0.0384. The Hall–Kier alpha value is -1.69. The van der Waals surface area contributed by atoms with E-state index in [9.17, 15) is 4.79 Å². The molecule has 0 atom stereocenters. The fourth-order valence-corrected chi connectivity index (χ4v) is 3.68. The monoisotopic (exact) mass is 405 g/mol. The lowest BCUT2D eigenvalue weighted by atomic mass is 9.64. The average Bonchev–Trinajstić information content (AvgIpc) is 3.00. The van der Waals surface area contributed by atoms with Gasteiger partial charge in [0.2, 0.25) is 11.8 Å². The maximum absolute atomic E-state index is 12.2. The van der Waals surface area contributed by atoms with Gasteiger partial charge in [0.1, 0.15) is 0 Å². The molecule has 1 N–H and O–H groups in total. The summed E-state index contributed by atoms with van der Waals surface area (Å²) in [4.78, 5) is 16.5. The summed E-state index contributed by atoms with van der Waals surface area (Å²) < 4.78 is 6.27. The predicted molar refractivity (Wildman–Crippen MR) is 99.3 cm³/mol. The number of aromatic nitrogens is 2. The lowest BCUT2D eigenvalue weighted by Gasteiger charge is -2.42. The molecular formula is C19H24BrN3O2. The molecule has 1 fully saturated rings. The zero-order chi connectivity index (χ0) is 17.7. The highest BCUT2D eigenvalue weighted by Crippen LogP contribution is 2.43. The third-order valence-electron chi connectivity index (χ3n) is 4.92. The molecule has 0 spiro atoms. The van der Waals surface area contributed by atoms with E-state index in [0.717, 1.165) is 36.0 Å². The number of hydrogen-bond donors (Lipinski definition) is 1. The van der Waals surface area contributed by atoms with Crippen LogP contribution in [0.3, 0.4) is 0 Å². The minimum atomic E-state index is 0.0384. The van der Waals surface area contributed by atoms with Crippen LogP contribution in [0.2, 0.25) is 0 Å². The van der Waals surface area contributed by atoms with Crippen LogP contribution in [0.25, 0.3) is 0 Å². The van der Waals surface area contributed by atoms with Gasteiger partial charge in [-0.2, -0.15) is 4.98 Å². The minimum Gasteiger partial charge on any atom is -0.355 e. The normalized spacial score (nSPS) is 15.6. The second-order valence-electron chi connectivity index (χ2n) is 6.78. The third-order valence-corrected chi connectivity index (χ3v) is 5.41. The zero-order valence-electron chi connectivity index (χ0n) is 14.6. The van der Waals surface area contributed by atoms with Crippen LogP contribution in [0.5, 0.6) is 0 Å². The molecule has 1 aromatic carbocycles. The standard InChI is InChI=1S/C19H24BrN3O2/c1-2-5-16-22-18(25-23-16)9-8-17(24)21-13-19(10-4-11-19)14-6-3-7-15(20)12-14/h3,6-7,12H,2,4-5,8-11,13H2,1H3,(H,21,24). The van der Waals surface area contributed by atoms with Gasteiger partial charge in [0.05, 0.1) is 0 Å². The highest BCUT2D eigenvalue weighted by Gasteiger charge is 2.38. The highest BCUT2D eigenvalue weighted by molar-refractivity contribution is 9.10. The first-order valence-electron chi connectivity index (χ1n) is 8.95. The van der Waals surface area contributed by atoms with Gasteiger partial charge >= 0.3 is 0 Å². The first kappa shape index (κ1) is 18.1. The number of amides is 1. The molecule has 6 heteroatoms. The Bertz CT molecular complexity index is 725. The molecule has 1 aromatic heterocycles. The van der Waals surface area contributed by atoms with Crippen molar-refractivity contribution in [3.63, 3.8) is 0 Å². The van der Waals surface area contributed by atoms with Crippen LogP contribution in [0.1, 0.15) is 56.3 Å². The summed E-state index contributed by atoms with van der Waals surface area (Å²) in [7, 11) is 0. The van der Waals surface area contributed by atoms with E-state index in [-0.39, 0.29) is 11.3 Å². The van der Waals surface area contributed by atoms with Gasteiger partial charge in [-0.1, -0.05) is 46.6 Å². The van der Waals surface area contributed by atoms with Crippen molar-refractivity contribution in [1.82, 2.24) is 15.5 Å². The van der Waals surface area contributed by atoms with E-state index in [1.807, 2.05) is 6.07 Å². The van der Waals surface area contributed by atoms with Gasteiger partial charge in [0.15, 0.2) is 5.82 Å². The Kier molecular flexibility index (Phi) is 5.89. The summed E-state index contributed by atoms with van der Waals surface area (Å²) in [5.41, 5.74) is 1.38. The van der Waals surface area contributed by atoms with Crippen molar-refractivity contribution in [3.8, 4) is 0 Å². The van der Waals surface area contributed by atoms with Crippen molar-refractivity contribution in [2.75, 3.05) is 6.54 Å². The van der Waals surface area contributed by atoms with E-state index < -0.39 is 0 Å². The summed E-state index contributed by atoms with van der Waals surface area (Å²) in [5, 5.41) is 7.02. The van der Waals surface area contributed by atoms with Crippen molar-refractivity contribution < 1.29 is 9.32 Å². The summed E-state index contributed by atoms with van der Waals surface area (Å²) in [6.07, 6.45) is 6.11. The Labute approximate surface area is 156 Å². The Morgan fingerprint density at radius 3 is 2.88 bits per heavy atom. The second-order valence-corrected chi connectivity index (χ2v) is 7.69. The first-order chi connectivity index (χ1) is 12.1. The molecule has 1 aliphatic rings. The molecule has 0 aliphatic heterocycles. The average molecular weight is 406 g/mol. The molecule has 0 radical (unpaired) electrons. The fourth-order valence-electron chi connectivity index (χ4n) is 3.28. The number of nitrogens with zero attached hydrogens (tertiary/aromatic N) is 2. The number of carbonyl (C=O) groups excluding carboxylic acids is 1. The lowest BCUT2D eigenvalue weighted by molar-refractivity contribution is -0.121. The summed E-state index contributed by atoms with van der Waals surface area (Å²) in [6.45, 7) is 2.76. The van der Waals surface area contributed by atoms with Crippen LogP contribution in [0.4, 0.5) is 0 Å². The van der Waals surface area contributed by atoms with Gasteiger partial charge in [-0.3, -0.25) is 4.79 Å². The maximum atomic E-state index is 12.2. The van der Waals surface area contributed by atoms with E-state index in [2.05, 4.69) is 56.5 Å². The SMILES string of the molecule is CCCc1noc(CCC(=O)NCC2(c3cccc(Br)c3)CCC2)n1. The highest BCUT2D eigenvalue weighted by atomic mass is 79.9. The topological polar surface area (TPSA) is 68.0 Å². The molecule has 134 valence electrons. The Balaban J connectivity index is 1.50. The number of hydrogen-bond acceptors (Lipinski definition) is 4. The van der Waals surface area contributed by atoms with Gasteiger partial charge in [-0.25, -0.2) is 0 Å². The van der Waals surface area contributed by atoms with Crippen LogP contribution in [-0.4, -0.2) is 22.6 Å². The van der Waals surface area contributed by atoms with Crippen LogP contribution in [0, 0.1) is 0 Å². The van der Waals surface area contributed by atoms with Crippen LogP contribution >= 0.6 is 15.9 Å². The van der Waals surface area contributed by atoms with Crippen molar-refractivity contribution in [1.29, 1.82) is 0 Å². The number of halogens is 1. The Morgan fingerprint density at radius 1 is 1.36 bits per heavy atom. The largest absolute Gasteiger partial charge is 0.355 e. The second kappa shape index (κ2) is 8.13. The maximum Gasteiger partial charge on any atom is 0.227 e. The van der Waals surface area contributed by atoms with Gasteiger partial charge in [0.25, 0.3) is 0 Å². The number of aryl methyl sites for hydroxylation is 2. The van der Waals surface area contributed by atoms with Crippen LogP contribution in [0.15, 0.2) is 33.3 Å². The molecule has 0 bridgehead atoms. The quantitative estimate of drug-likeness (QED) is 0.721. The fraction of sp³-hybridized carbons (Fsp3) is 0.526. The van der Waals surface area contributed by atoms with Crippen LogP contribution in [-0.2, 0) is 23.1 Å². The van der Waals surface area contributed by atoms with E-state index >= 15 is 0 Å². The van der Waals surface area contributed by atoms with Gasteiger partial charge in [0, 0.05) is 35.7 Å². The first-order valence-corrected chi connectivity index (χ1v) is 9.75. The molecule has 1 saturated carbocycles. The van der Waals surface area contributed by atoms with E-state index in [1.165, 1.54) is 12.0 Å². The van der Waals surface area contributed by atoms with Crippen molar-refractivity contribution in [3.05, 3.63) is 46.0 Å². The number of rotatable bonds is 8. The molecule has 5 nitrogen and oxygen atoms in total. The summed E-state index contributed by atoms with van der Waals surface area (Å²) >= 11 is 3.54. The van der Waals surface area contributed by atoms with Gasteiger partial charge < -0.3 is 9.84 Å². The molecule has 25 heavy (non-hydrogen) atoms. The molecule has 0 saturated heterocycles. The van der Waals surface area contributed by atoms with E-state index in [0.29, 0.717) is 25.3 Å². The predicted octanol–water partition coefficient (Wildman–Crippen LogP) is 3.96. The van der Waals surface area contributed by atoms with E-state index in [1.54, 1.807) is 0 Å². The van der Waals surface area contributed by atoms with Gasteiger partial charge in [-0.15, -0.1) is 0 Å². The number of carbonyl (C=O) groups is 1. The van der Waals surface area contributed by atoms with Crippen LogP contribution < -0.4 is 5.32 Å². The van der Waals surface area contributed by atoms with Gasteiger partial charge in [-0.05, 0) is 37.0 Å². The van der Waals surface area contributed by atoms with Crippen molar-refractivity contribution in [2.45, 2.75) is 57.3 Å². The molecule has 2 aromatic rings. The zero-order valence-corrected chi connectivity index (χ0v) is 16.1. The summed E-state index contributed by atoms with van der Waals surface area (Å²) in [6, 6.07) is 8.42. The summed E-state index contributed by atoms with van der Waals surface area (Å²) in [5.74, 6) is 1.31. The molecular weight excluding hydrogens is 382 g/mol. The molecule has 1 amide bonds.